The first-order valence-corrected chi connectivity index (χ1v) is 6.83. The number of hydrogen-bond donors (Lipinski definition) is 0. The van der Waals surface area contributed by atoms with Gasteiger partial charge in [-0.2, -0.15) is 0 Å². The Morgan fingerprint density at radius 2 is 1.74 bits per heavy atom. The van der Waals surface area contributed by atoms with Crippen LogP contribution in [0.25, 0.3) is 10.9 Å². The van der Waals surface area contributed by atoms with Gasteiger partial charge in [0.15, 0.2) is 0 Å². The number of pyridine rings is 1. The van der Waals surface area contributed by atoms with Crippen LogP contribution in [0.3, 0.4) is 0 Å². The maximum absolute atomic E-state index is 6.09. The fraction of sp³-hybridized carbons (Fsp3) is 0.471. The van der Waals surface area contributed by atoms with Gasteiger partial charge in [0.1, 0.15) is 0 Å². The Hall–Kier alpha value is -1.41. The zero-order valence-electron chi connectivity index (χ0n) is 12.7. The Bertz CT molecular complexity index is 596. The maximum atomic E-state index is 6.09. The van der Waals surface area contributed by atoms with Crippen molar-refractivity contribution >= 4 is 10.9 Å². The summed E-state index contributed by atoms with van der Waals surface area (Å²) >= 11 is 0. The molecule has 0 aliphatic rings. The molecule has 0 aliphatic carbocycles. The summed E-state index contributed by atoms with van der Waals surface area (Å²) in [5, 5.41) is 1.22. The van der Waals surface area contributed by atoms with E-state index in [9.17, 15) is 0 Å². The highest BCUT2D eigenvalue weighted by molar-refractivity contribution is 5.83. The van der Waals surface area contributed by atoms with Gasteiger partial charge in [0.2, 0.25) is 0 Å². The summed E-state index contributed by atoms with van der Waals surface area (Å²) in [4.78, 5) is 4.71. The van der Waals surface area contributed by atoms with Crippen LogP contribution in [0.1, 0.15) is 50.6 Å². The monoisotopic (exact) mass is 257 g/mol. The van der Waals surface area contributed by atoms with Crippen molar-refractivity contribution < 1.29 is 4.74 Å². The van der Waals surface area contributed by atoms with Crippen LogP contribution in [-0.2, 0) is 4.74 Å². The van der Waals surface area contributed by atoms with Crippen LogP contribution >= 0.6 is 0 Å². The van der Waals surface area contributed by atoms with Gasteiger partial charge in [-0.1, -0.05) is 18.2 Å². The van der Waals surface area contributed by atoms with Crippen LogP contribution in [0.15, 0.2) is 24.3 Å². The second kappa shape index (κ2) is 4.93. The van der Waals surface area contributed by atoms with E-state index in [1.807, 2.05) is 6.07 Å². The molecule has 1 atom stereocenters. The summed E-state index contributed by atoms with van der Waals surface area (Å²) in [5.41, 5.74) is 4.47. The van der Waals surface area contributed by atoms with Crippen molar-refractivity contribution in [1.29, 1.82) is 0 Å². The molecule has 0 saturated carbocycles. The number of rotatable bonds is 2. The average molecular weight is 257 g/mol. The predicted octanol–water partition coefficient (Wildman–Crippen LogP) is 4.73. The molecule has 102 valence electrons. The lowest BCUT2D eigenvalue weighted by molar-refractivity contribution is -0.0535. The van der Waals surface area contributed by atoms with E-state index in [1.165, 1.54) is 16.5 Å². The van der Waals surface area contributed by atoms with E-state index >= 15 is 0 Å². The number of hydrogen-bond acceptors (Lipinski definition) is 2. The number of aryl methyl sites for hydroxylation is 2. The normalized spacial score (nSPS) is 13.8. The molecule has 1 aromatic carbocycles. The lowest BCUT2D eigenvalue weighted by atomic mass is 9.98. The Kier molecular flexibility index (Phi) is 3.64. The largest absolute Gasteiger partial charge is 0.368 e. The maximum Gasteiger partial charge on any atom is 0.0824 e. The molecule has 0 saturated heterocycles. The molecular formula is C17H23NO. The summed E-state index contributed by atoms with van der Waals surface area (Å²) in [6, 6.07) is 8.28. The van der Waals surface area contributed by atoms with Crippen molar-refractivity contribution in [2.45, 2.75) is 53.2 Å². The van der Waals surface area contributed by atoms with Gasteiger partial charge in [0.05, 0.1) is 17.2 Å². The van der Waals surface area contributed by atoms with Gasteiger partial charge < -0.3 is 4.74 Å². The fourth-order valence-corrected chi connectivity index (χ4v) is 2.73. The van der Waals surface area contributed by atoms with Gasteiger partial charge in [-0.15, -0.1) is 0 Å². The first kappa shape index (κ1) is 14.0. The average Bonchev–Trinajstić information content (AvgIpc) is 2.26. The lowest BCUT2D eigenvalue weighted by Crippen LogP contribution is -2.22. The van der Waals surface area contributed by atoms with Crippen LogP contribution in [0.2, 0.25) is 0 Å². The minimum absolute atomic E-state index is 0.0529. The molecular weight excluding hydrogens is 234 g/mol. The van der Waals surface area contributed by atoms with Crippen LogP contribution < -0.4 is 0 Å². The summed E-state index contributed by atoms with van der Waals surface area (Å²) in [6.07, 6.45) is 0.0529. The Balaban J connectivity index is 2.54. The Labute approximate surface area is 115 Å². The van der Waals surface area contributed by atoms with Crippen molar-refractivity contribution in [2.24, 2.45) is 0 Å². The van der Waals surface area contributed by atoms with E-state index in [0.29, 0.717) is 0 Å². The third-order valence-corrected chi connectivity index (χ3v) is 3.33. The molecule has 2 heteroatoms. The molecule has 0 aliphatic heterocycles. The van der Waals surface area contributed by atoms with Gasteiger partial charge in [-0.05, 0) is 53.2 Å². The van der Waals surface area contributed by atoms with Gasteiger partial charge in [-0.25, -0.2) is 0 Å². The van der Waals surface area contributed by atoms with Gasteiger partial charge in [0, 0.05) is 16.6 Å². The molecule has 1 aromatic heterocycles. The number of ether oxygens (including phenoxy) is 1. The molecule has 0 N–H and O–H groups in total. The number of fused-ring (bicyclic) bond motifs is 1. The molecule has 0 fully saturated rings. The number of nitrogens with zero attached hydrogens (tertiary/aromatic N) is 1. The zero-order chi connectivity index (χ0) is 14.2. The van der Waals surface area contributed by atoms with Gasteiger partial charge in [-0.3, -0.25) is 4.98 Å². The van der Waals surface area contributed by atoms with Gasteiger partial charge in [0.25, 0.3) is 0 Å². The predicted molar refractivity (Wildman–Crippen MR) is 80.5 cm³/mol. The topological polar surface area (TPSA) is 22.1 Å². The molecule has 0 bridgehead atoms. The van der Waals surface area contributed by atoms with E-state index in [1.54, 1.807) is 0 Å². The van der Waals surface area contributed by atoms with Gasteiger partial charge >= 0.3 is 0 Å². The molecule has 0 radical (unpaired) electrons. The first-order chi connectivity index (χ1) is 8.79. The molecule has 0 amide bonds. The van der Waals surface area contributed by atoms with Crippen molar-refractivity contribution in [2.75, 3.05) is 0 Å². The highest BCUT2D eigenvalue weighted by atomic mass is 16.5. The van der Waals surface area contributed by atoms with E-state index in [-0.39, 0.29) is 11.7 Å². The molecule has 1 heterocycles. The van der Waals surface area contributed by atoms with E-state index in [0.717, 1.165) is 11.2 Å². The molecule has 0 spiro atoms. The summed E-state index contributed by atoms with van der Waals surface area (Å²) in [5.74, 6) is 0. The highest BCUT2D eigenvalue weighted by Crippen LogP contribution is 2.31. The van der Waals surface area contributed by atoms with Crippen molar-refractivity contribution in [1.82, 2.24) is 4.98 Å². The Morgan fingerprint density at radius 3 is 2.37 bits per heavy atom. The molecule has 1 unspecified atom stereocenters. The quantitative estimate of drug-likeness (QED) is 0.776. The second-order valence-electron chi connectivity index (χ2n) is 6.13. The van der Waals surface area contributed by atoms with Crippen LogP contribution in [0.4, 0.5) is 0 Å². The highest BCUT2D eigenvalue weighted by Gasteiger charge is 2.21. The second-order valence-corrected chi connectivity index (χ2v) is 6.13. The van der Waals surface area contributed by atoms with Crippen molar-refractivity contribution in [3.8, 4) is 0 Å². The van der Waals surface area contributed by atoms with E-state index in [2.05, 4.69) is 59.7 Å². The van der Waals surface area contributed by atoms with Crippen LogP contribution in [0, 0.1) is 13.8 Å². The number of aromatic nitrogens is 1. The SMILES string of the molecule is Cc1nc2ccccc2c(C)c1C(C)OC(C)(C)C. The third kappa shape index (κ3) is 2.95. The minimum atomic E-state index is -0.149. The first-order valence-electron chi connectivity index (χ1n) is 6.83. The van der Waals surface area contributed by atoms with Crippen molar-refractivity contribution in [3.05, 3.63) is 41.1 Å². The fourth-order valence-electron chi connectivity index (χ4n) is 2.73. The smallest absolute Gasteiger partial charge is 0.0824 e. The molecule has 19 heavy (non-hydrogen) atoms. The van der Waals surface area contributed by atoms with Crippen LogP contribution in [-0.4, -0.2) is 10.6 Å². The minimum Gasteiger partial charge on any atom is -0.368 e. The number of para-hydroxylation sites is 1. The molecule has 2 nitrogen and oxygen atoms in total. The number of benzene rings is 1. The summed E-state index contributed by atoms with van der Waals surface area (Å²) in [7, 11) is 0. The standard InChI is InChI=1S/C17H23NO/c1-11-14-9-7-8-10-15(14)18-12(2)16(11)13(3)19-17(4,5)6/h7-10,13H,1-6H3. The van der Waals surface area contributed by atoms with E-state index < -0.39 is 0 Å². The van der Waals surface area contributed by atoms with E-state index in [4.69, 9.17) is 9.72 Å². The lowest BCUT2D eigenvalue weighted by Gasteiger charge is -2.27. The Morgan fingerprint density at radius 1 is 1.11 bits per heavy atom. The third-order valence-electron chi connectivity index (χ3n) is 3.33. The van der Waals surface area contributed by atoms with Crippen LogP contribution in [0.5, 0.6) is 0 Å². The zero-order valence-corrected chi connectivity index (χ0v) is 12.7. The summed E-state index contributed by atoms with van der Waals surface area (Å²) < 4.78 is 6.09. The molecule has 2 aromatic rings. The van der Waals surface area contributed by atoms with Crippen molar-refractivity contribution in [3.63, 3.8) is 0 Å². The summed E-state index contributed by atoms with van der Waals surface area (Å²) in [6.45, 7) is 12.6. The molecule has 2 rings (SSSR count).